The number of carbonyl (C=O) groups is 1. The number of anilines is 2. The van der Waals surface area contributed by atoms with Crippen LogP contribution in [0.1, 0.15) is 22.8 Å². The second kappa shape index (κ2) is 3.45. The number of halogens is 3. The van der Waals surface area contributed by atoms with Crippen molar-refractivity contribution in [3.63, 3.8) is 0 Å². The van der Waals surface area contributed by atoms with Crippen LogP contribution in [0.3, 0.4) is 0 Å². The van der Waals surface area contributed by atoms with Gasteiger partial charge < -0.3 is 11.5 Å². The zero-order chi connectivity index (χ0) is 11.8. The predicted molar refractivity (Wildman–Crippen MR) is 50.3 cm³/mol. The molecule has 0 amide bonds. The number of nitrogen functional groups attached to an aromatic ring is 2. The van der Waals surface area contributed by atoms with Gasteiger partial charge in [-0.15, -0.1) is 0 Å². The molecule has 82 valence electrons. The average Bonchev–Trinajstić information content (AvgIpc) is 2.06. The molecule has 15 heavy (non-hydrogen) atoms. The minimum Gasteiger partial charge on any atom is -0.397 e. The quantitative estimate of drug-likeness (QED) is 0.560. The highest BCUT2D eigenvalue weighted by molar-refractivity contribution is 5.96. The number of ketones is 1. The second-order valence-corrected chi connectivity index (χ2v) is 3.08. The van der Waals surface area contributed by atoms with Gasteiger partial charge in [0.1, 0.15) is 0 Å². The molecule has 0 bridgehead atoms. The van der Waals surface area contributed by atoms with Gasteiger partial charge >= 0.3 is 6.18 Å². The fraction of sp³-hybridized carbons (Fsp3) is 0.222. The summed E-state index contributed by atoms with van der Waals surface area (Å²) >= 11 is 0. The molecule has 0 aliphatic heterocycles. The maximum Gasteiger partial charge on any atom is 0.418 e. The molecule has 0 aliphatic carbocycles. The summed E-state index contributed by atoms with van der Waals surface area (Å²) in [5, 5.41) is 0. The van der Waals surface area contributed by atoms with Crippen LogP contribution < -0.4 is 11.5 Å². The van der Waals surface area contributed by atoms with Crippen molar-refractivity contribution in [2.24, 2.45) is 0 Å². The molecule has 6 heteroatoms. The van der Waals surface area contributed by atoms with E-state index < -0.39 is 23.2 Å². The smallest absolute Gasteiger partial charge is 0.397 e. The van der Waals surface area contributed by atoms with E-state index in [4.69, 9.17) is 11.5 Å². The van der Waals surface area contributed by atoms with E-state index in [2.05, 4.69) is 0 Å². The highest BCUT2D eigenvalue weighted by Gasteiger charge is 2.34. The van der Waals surface area contributed by atoms with Crippen molar-refractivity contribution in [1.82, 2.24) is 0 Å². The summed E-state index contributed by atoms with van der Waals surface area (Å²) in [6, 6.07) is 1.83. The first-order valence-corrected chi connectivity index (χ1v) is 4.00. The van der Waals surface area contributed by atoms with E-state index in [1.54, 1.807) is 0 Å². The molecule has 0 aliphatic rings. The van der Waals surface area contributed by atoms with Crippen molar-refractivity contribution < 1.29 is 18.0 Å². The van der Waals surface area contributed by atoms with Gasteiger partial charge in [-0.3, -0.25) is 4.79 Å². The molecule has 0 saturated carbocycles. The third-order valence-corrected chi connectivity index (χ3v) is 1.92. The number of Topliss-reactive ketones (excluding diaryl/α,β-unsaturated/α-hetero) is 1. The van der Waals surface area contributed by atoms with E-state index in [0.717, 1.165) is 13.0 Å². The van der Waals surface area contributed by atoms with Gasteiger partial charge in [0.2, 0.25) is 0 Å². The summed E-state index contributed by atoms with van der Waals surface area (Å²) in [5.74, 6) is -0.493. The Balaban J connectivity index is 3.45. The lowest BCUT2D eigenvalue weighted by molar-refractivity contribution is -0.136. The molecule has 1 aromatic carbocycles. The normalized spacial score (nSPS) is 11.5. The van der Waals surface area contributed by atoms with Gasteiger partial charge in [0, 0.05) is 5.56 Å². The molecular weight excluding hydrogens is 209 g/mol. The molecule has 0 radical (unpaired) electrons. The molecular formula is C9H9F3N2O. The van der Waals surface area contributed by atoms with Crippen molar-refractivity contribution in [3.05, 3.63) is 23.3 Å². The van der Waals surface area contributed by atoms with E-state index in [1.165, 1.54) is 0 Å². The lowest BCUT2D eigenvalue weighted by Crippen LogP contribution is -2.12. The second-order valence-electron chi connectivity index (χ2n) is 3.08. The fourth-order valence-corrected chi connectivity index (χ4v) is 1.11. The maximum absolute atomic E-state index is 12.4. The molecule has 0 aromatic heterocycles. The molecule has 0 unspecified atom stereocenters. The van der Waals surface area contributed by atoms with Crippen LogP contribution in [-0.2, 0) is 6.18 Å². The summed E-state index contributed by atoms with van der Waals surface area (Å²) in [6.07, 6.45) is -4.61. The van der Waals surface area contributed by atoms with Gasteiger partial charge in [0.25, 0.3) is 0 Å². The SMILES string of the molecule is CC(=O)c1cc(N)c(N)c(C(F)(F)F)c1. The number of hydrogen-bond acceptors (Lipinski definition) is 3. The van der Waals surface area contributed by atoms with Crippen LogP contribution in [0.2, 0.25) is 0 Å². The summed E-state index contributed by atoms with van der Waals surface area (Å²) in [4.78, 5) is 10.9. The largest absolute Gasteiger partial charge is 0.418 e. The average molecular weight is 218 g/mol. The Morgan fingerprint density at radius 1 is 1.27 bits per heavy atom. The maximum atomic E-state index is 12.4. The first-order valence-electron chi connectivity index (χ1n) is 4.00. The predicted octanol–water partition coefficient (Wildman–Crippen LogP) is 2.07. The molecule has 0 saturated heterocycles. The lowest BCUT2D eigenvalue weighted by Gasteiger charge is -2.12. The Labute approximate surface area is 83.9 Å². The van der Waals surface area contributed by atoms with Crippen LogP contribution in [0.15, 0.2) is 12.1 Å². The van der Waals surface area contributed by atoms with Crippen LogP contribution in [0.25, 0.3) is 0 Å². The molecule has 0 spiro atoms. The summed E-state index contributed by atoms with van der Waals surface area (Å²) in [5.41, 5.74) is 8.49. The number of rotatable bonds is 1. The molecule has 0 fully saturated rings. The molecule has 1 aromatic rings. The van der Waals surface area contributed by atoms with Gasteiger partial charge in [-0.05, 0) is 19.1 Å². The number of alkyl halides is 3. The van der Waals surface area contributed by atoms with Crippen molar-refractivity contribution in [1.29, 1.82) is 0 Å². The monoisotopic (exact) mass is 218 g/mol. The van der Waals surface area contributed by atoms with Crippen LogP contribution in [0.4, 0.5) is 24.5 Å². The number of hydrogen-bond donors (Lipinski definition) is 2. The number of carbonyl (C=O) groups excluding carboxylic acids is 1. The van der Waals surface area contributed by atoms with Gasteiger partial charge in [-0.1, -0.05) is 0 Å². The summed E-state index contributed by atoms with van der Waals surface area (Å²) in [7, 11) is 0. The zero-order valence-corrected chi connectivity index (χ0v) is 7.85. The Kier molecular flexibility index (Phi) is 2.61. The minimum atomic E-state index is -4.61. The van der Waals surface area contributed by atoms with Gasteiger partial charge in [-0.2, -0.15) is 13.2 Å². The number of benzene rings is 1. The van der Waals surface area contributed by atoms with Crippen LogP contribution in [0, 0.1) is 0 Å². The highest BCUT2D eigenvalue weighted by atomic mass is 19.4. The van der Waals surface area contributed by atoms with Crippen molar-refractivity contribution >= 4 is 17.2 Å². The van der Waals surface area contributed by atoms with Gasteiger partial charge in [-0.25, -0.2) is 0 Å². The van der Waals surface area contributed by atoms with Crippen molar-refractivity contribution in [3.8, 4) is 0 Å². The summed E-state index contributed by atoms with van der Waals surface area (Å²) in [6.45, 7) is 1.16. The highest BCUT2D eigenvalue weighted by Crippen LogP contribution is 2.36. The molecule has 4 N–H and O–H groups in total. The van der Waals surface area contributed by atoms with E-state index in [1.807, 2.05) is 0 Å². The number of nitrogens with two attached hydrogens (primary N) is 2. The Morgan fingerprint density at radius 2 is 1.80 bits per heavy atom. The first-order chi connectivity index (χ1) is 6.73. The van der Waals surface area contributed by atoms with Crippen LogP contribution >= 0.6 is 0 Å². The van der Waals surface area contributed by atoms with E-state index in [9.17, 15) is 18.0 Å². The fourth-order valence-electron chi connectivity index (χ4n) is 1.11. The van der Waals surface area contributed by atoms with Gasteiger partial charge in [0.15, 0.2) is 5.78 Å². The van der Waals surface area contributed by atoms with Crippen molar-refractivity contribution in [2.45, 2.75) is 13.1 Å². The molecule has 3 nitrogen and oxygen atoms in total. The third-order valence-electron chi connectivity index (χ3n) is 1.92. The topological polar surface area (TPSA) is 69.1 Å². The minimum absolute atomic E-state index is 0.103. The Morgan fingerprint density at radius 3 is 2.20 bits per heavy atom. The van der Waals surface area contributed by atoms with E-state index in [0.29, 0.717) is 6.07 Å². The van der Waals surface area contributed by atoms with Crippen LogP contribution in [0.5, 0.6) is 0 Å². The lowest BCUT2D eigenvalue weighted by atomic mass is 10.0. The Bertz CT molecular complexity index is 413. The van der Waals surface area contributed by atoms with E-state index in [-0.39, 0.29) is 11.3 Å². The van der Waals surface area contributed by atoms with Crippen LogP contribution in [-0.4, -0.2) is 5.78 Å². The van der Waals surface area contributed by atoms with Crippen molar-refractivity contribution in [2.75, 3.05) is 11.5 Å². The molecule has 0 heterocycles. The van der Waals surface area contributed by atoms with E-state index >= 15 is 0 Å². The zero-order valence-electron chi connectivity index (χ0n) is 7.85. The summed E-state index contributed by atoms with van der Waals surface area (Å²) < 4.78 is 37.3. The Hall–Kier alpha value is -1.72. The first kappa shape index (κ1) is 11.4. The van der Waals surface area contributed by atoms with Gasteiger partial charge in [0.05, 0.1) is 16.9 Å². The third kappa shape index (κ3) is 2.20. The standard InChI is InChI=1S/C9H9F3N2O/c1-4(15)5-2-6(9(10,11)12)8(14)7(13)3-5/h2-3H,13-14H2,1H3. The molecule has 0 atom stereocenters. The molecule has 1 rings (SSSR count).